The summed E-state index contributed by atoms with van der Waals surface area (Å²) in [5.41, 5.74) is 4.18. The minimum atomic E-state index is -0.0615. The van der Waals surface area contributed by atoms with Gasteiger partial charge in [0.05, 0.1) is 12.1 Å². The average Bonchev–Trinajstić information content (AvgIpc) is 2.45. The highest BCUT2D eigenvalue weighted by atomic mass is 127. The van der Waals surface area contributed by atoms with Crippen LogP contribution in [0.4, 0.5) is 0 Å². The molecule has 0 heterocycles. The molecular weight excluding hydrogens is 389 g/mol. The number of aryl methyl sites for hydroxylation is 3. The lowest BCUT2D eigenvalue weighted by atomic mass is 10.1. The Morgan fingerprint density at radius 3 is 2.45 bits per heavy atom. The van der Waals surface area contributed by atoms with E-state index in [9.17, 15) is 4.79 Å². The molecule has 0 saturated heterocycles. The lowest BCUT2D eigenvalue weighted by Crippen LogP contribution is -2.28. The van der Waals surface area contributed by atoms with Crippen LogP contribution in [0.15, 0.2) is 36.4 Å². The van der Waals surface area contributed by atoms with Gasteiger partial charge in [-0.1, -0.05) is 29.3 Å². The Labute approximate surface area is 145 Å². The minimum absolute atomic E-state index is 0.0615. The zero-order valence-corrected chi connectivity index (χ0v) is 15.2. The van der Waals surface area contributed by atoms with Crippen LogP contribution >= 0.6 is 22.6 Å². The molecule has 2 aromatic rings. The van der Waals surface area contributed by atoms with Gasteiger partial charge in [-0.15, -0.1) is 0 Å². The van der Waals surface area contributed by atoms with Crippen molar-refractivity contribution in [2.75, 3.05) is 13.2 Å². The van der Waals surface area contributed by atoms with Gasteiger partial charge in [0.25, 0.3) is 5.91 Å². The lowest BCUT2D eigenvalue weighted by molar-refractivity contribution is 0.0946. The molecule has 0 fully saturated rings. The number of hydrogen-bond acceptors (Lipinski definition) is 2. The van der Waals surface area contributed by atoms with E-state index in [1.165, 1.54) is 5.56 Å². The van der Waals surface area contributed by atoms with E-state index in [0.717, 1.165) is 20.4 Å². The molecule has 0 aliphatic heterocycles. The molecule has 116 valence electrons. The van der Waals surface area contributed by atoms with Crippen molar-refractivity contribution in [1.29, 1.82) is 0 Å². The van der Waals surface area contributed by atoms with Crippen LogP contribution in [0, 0.1) is 24.3 Å². The van der Waals surface area contributed by atoms with E-state index >= 15 is 0 Å². The number of carbonyl (C=O) groups is 1. The Morgan fingerprint density at radius 2 is 1.77 bits per heavy atom. The number of benzene rings is 2. The van der Waals surface area contributed by atoms with Crippen molar-refractivity contribution in [2.24, 2.45) is 0 Å². The van der Waals surface area contributed by atoms with E-state index in [1.807, 2.05) is 44.2 Å². The van der Waals surface area contributed by atoms with Gasteiger partial charge >= 0.3 is 0 Å². The van der Waals surface area contributed by atoms with Gasteiger partial charge in [-0.2, -0.15) is 0 Å². The number of amides is 1. The fourth-order valence-corrected chi connectivity index (χ4v) is 3.10. The summed E-state index contributed by atoms with van der Waals surface area (Å²) in [5, 5.41) is 2.89. The zero-order chi connectivity index (χ0) is 16.1. The molecule has 22 heavy (non-hydrogen) atoms. The van der Waals surface area contributed by atoms with Crippen LogP contribution in [0.1, 0.15) is 27.0 Å². The maximum atomic E-state index is 12.1. The van der Waals surface area contributed by atoms with Crippen LogP contribution in [0.25, 0.3) is 0 Å². The van der Waals surface area contributed by atoms with Crippen LogP contribution < -0.4 is 10.1 Å². The van der Waals surface area contributed by atoms with Crippen LogP contribution in [0.5, 0.6) is 5.75 Å². The summed E-state index contributed by atoms with van der Waals surface area (Å²) in [6.45, 7) is 7.03. The second-order valence-electron chi connectivity index (χ2n) is 5.36. The highest BCUT2D eigenvalue weighted by Gasteiger charge is 2.09. The molecule has 0 bridgehead atoms. The lowest BCUT2D eigenvalue weighted by Gasteiger charge is -2.11. The van der Waals surface area contributed by atoms with Crippen molar-refractivity contribution in [3.63, 3.8) is 0 Å². The molecule has 2 rings (SSSR count). The molecule has 1 amide bonds. The largest absolute Gasteiger partial charge is 0.491 e. The summed E-state index contributed by atoms with van der Waals surface area (Å²) >= 11 is 2.19. The third-order valence-corrected chi connectivity index (χ3v) is 4.24. The highest BCUT2D eigenvalue weighted by molar-refractivity contribution is 14.1. The van der Waals surface area contributed by atoms with E-state index in [2.05, 4.69) is 40.9 Å². The van der Waals surface area contributed by atoms with Crippen molar-refractivity contribution in [3.05, 3.63) is 62.2 Å². The summed E-state index contributed by atoms with van der Waals surface area (Å²) in [6, 6.07) is 11.9. The number of hydrogen-bond donors (Lipinski definition) is 1. The van der Waals surface area contributed by atoms with Crippen molar-refractivity contribution in [1.82, 2.24) is 5.32 Å². The molecule has 0 atom stereocenters. The third-order valence-electron chi connectivity index (χ3n) is 3.34. The topological polar surface area (TPSA) is 38.3 Å². The summed E-state index contributed by atoms with van der Waals surface area (Å²) in [7, 11) is 0. The second kappa shape index (κ2) is 7.63. The highest BCUT2D eigenvalue weighted by Crippen LogP contribution is 2.18. The van der Waals surface area contributed by atoms with Crippen LogP contribution in [0.3, 0.4) is 0 Å². The SMILES string of the molecule is Cc1ccc(OCCNC(=O)c2ccc(C)cc2I)c(C)c1. The predicted octanol–water partition coefficient (Wildman–Crippen LogP) is 4.03. The summed E-state index contributed by atoms with van der Waals surface area (Å²) in [4.78, 5) is 12.1. The van der Waals surface area contributed by atoms with Gasteiger partial charge in [0.15, 0.2) is 0 Å². The van der Waals surface area contributed by atoms with E-state index in [-0.39, 0.29) is 5.91 Å². The van der Waals surface area contributed by atoms with Crippen LogP contribution in [-0.4, -0.2) is 19.1 Å². The first-order valence-electron chi connectivity index (χ1n) is 7.22. The molecule has 3 nitrogen and oxygen atoms in total. The average molecular weight is 409 g/mol. The standard InChI is InChI=1S/C18H20INO2/c1-12-5-7-17(14(3)10-12)22-9-8-20-18(21)15-6-4-13(2)11-16(15)19/h4-7,10-11H,8-9H2,1-3H3,(H,20,21). The smallest absolute Gasteiger partial charge is 0.252 e. The molecule has 0 aromatic heterocycles. The van der Waals surface area contributed by atoms with Gasteiger partial charge in [-0.25, -0.2) is 0 Å². The summed E-state index contributed by atoms with van der Waals surface area (Å²) < 4.78 is 6.67. The van der Waals surface area contributed by atoms with Gasteiger partial charge < -0.3 is 10.1 Å². The Kier molecular flexibility index (Phi) is 5.83. The molecule has 0 radical (unpaired) electrons. The van der Waals surface area contributed by atoms with E-state index in [0.29, 0.717) is 18.7 Å². The van der Waals surface area contributed by atoms with Crippen molar-refractivity contribution in [2.45, 2.75) is 20.8 Å². The van der Waals surface area contributed by atoms with Crippen molar-refractivity contribution >= 4 is 28.5 Å². The monoisotopic (exact) mass is 409 g/mol. The van der Waals surface area contributed by atoms with Crippen LogP contribution in [-0.2, 0) is 0 Å². The predicted molar refractivity (Wildman–Crippen MR) is 97.6 cm³/mol. The Balaban J connectivity index is 1.84. The minimum Gasteiger partial charge on any atom is -0.491 e. The molecule has 0 aliphatic rings. The Morgan fingerprint density at radius 1 is 1.09 bits per heavy atom. The summed E-state index contributed by atoms with van der Waals surface area (Å²) in [6.07, 6.45) is 0. The molecule has 0 aliphatic carbocycles. The maximum Gasteiger partial charge on any atom is 0.252 e. The number of halogens is 1. The molecule has 4 heteroatoms. The Bertz CT molecular complexity index is 683. The van der Waals surface area contributed by atoms with E-state index in [1.54, 1.807) is 0 Å². The maximum absolute atomic E-state index is 12.1. The van der Waals surface area contributed by atoms with Gasteiger partial charge in [-0.05, 0) is 67.1 Å². The second-order valence-corrected chi connectivity index (χ2v) is 6.52. The number of rotatable bonds is 5. The molecule has 0 unspecified atom stereocenters. The molecule has 2 aromatic carbocycles. The summed E-state index contributed by atoms with van der Waals surface area (Å²) in [5.74, 6) is 0.804. The van der Waals surface area contributed by atoms with Crippen LogP contribution in [0.2, 0.25) is 0 Å². The van der Waals surface area contributed by atoms with Gasteiger partial charge in [0.2, 0.25) is 0 Å². The van der Waals surface area contributed by atoms with Gasteiger partial charge in [0, 0.05) is 3.57 Å². The number of nitrogens with one attached hydrogen (secondary N) is 1. The van der Waals surface area contributed by atoms with Gasteiger partial charge in [0.1, 0.15) is 12.4 Å². The first kappa shape index (κ1) is 16.8. The molecule has 0 spiro atoms. The van der Waals surface area contributed by atoms with Gasteiger partial charge in [-0.3, -0.25) is 4.79 Å². The fraction of sp³-hybridized carbons (Fsp3) is 0.278. The third kappa shape index (κ3) is 4.47. The molecule has 1 N–H and O–H groups in total. The van der Waals surface area contributed by atoms with Crippen molar-refractivity contribution < 1.29 is 9.53 Å². The molecular formula is C18H20INO2. The first-order chi connectivity index (χ1) is 10.5. The van der Waals surface area contributed by atoms with E-state index < -0.39 is 0 Å². The number of carbonyl (C=O) groups excluding carboxylic acids is 1. The van der Waals surface area contributed by atoms with Crippen molar-refractivity contribution in [3.8, 4) is 5.75 Å². The first-order valence-corrected chi connectivity index (χ1v) is 8.29. The fourth-order valence-electron chi connectivity index (χ4n) is 2.19. The normalized spacial score (nSPS) is 10.4. The quantitative estimate of drug-likeness (QED) is 0.599. The zero-order valence-electron chi connectivity index (χ0n) is 13.1. The van der Waals surface area contributed by atoms with E-state index in [4.69, 9.17) is 4.74 Å². The number of ether oxygens (including phenoxy) is 1. The Hall–Kier alpha value is -1.56. The molecule has 0 saturated carbocycles.